The van der Waals surface area contributed by atoms with Crippen LogP contribution in [0.4, 0.5) is 0 Å². The van der Waals surface area contributed by atoms with Crippen molar-refractivity contribution < 1.29 is 19.1 Å². The molecule has 3 rings (SSSR count). The van der Waals surface area contributed by atoms with Crippen LogP contribution in [0.5, 0.6) is 0 Å². The summed E-state index contributed by atoms with van der Waals surface area (Å²) in [6.07, 6.45) is 0.127. The van der Waals surface area contributed by atoms with Gasteiger partial charge in [-0.05, 0) is 31.5 Å². The Bertz CT molecular complexity index is 833. The van der Waals surface area contributed by atoms with Gasteiger partial charge in [0, 0.05) is 17.9 Å². The predicted octanol–water partition coefficient (Wildman–Crippen LogP) is 2.59. The quantitative estimate of drug-likeness (QED) is 0.826. The summed E-state index contributed by atoms with van der Waals surface area (Å²) in [5.74, 6) is -1.67. The third kappa shape index (κ3) is 4.00. The highest BCUT2D eigenvalue weighted by Crippen LogP contribution is 2.34. The van der Waals surface area contributed by atoms with Gasteiger partial charge >= 0.3 is 5.97 Å². The number of carbonyl (C=O) groups is 3. The molecule has 6 nitrogen and oxygen atoms in total. The Hall–Kier alpha value is -3.15. The summed E-state index contributed by atoms with van der Waals surface area (Å²) in [6, 6.07) is 15.3. The number of benzene rings is 2. The summed E-state index contributed by atoms with van der Waals surface area (Å²) in [4.78, 5) is 37.7. The summed E-state index contributed by atoms with van der Waals surface area (Å²) in [5.41, 5.74) is 4.95. The number of nitrogens with one attached hydrogen (secondary N) is 1. The first kappa shape index (κ1) is 18.6. The number of rotatable bonds is 5. The average molecular weight is 366 g/mol. The fourth-order valence-electron chi connectivity index (χ4n) is 3.24. The van der Waals surface area contributed by atoms with E-state index in [1.165, 1.54) is 0 Å². The third-order valence-corrected chi connectivity index (χ3v) is 4.61. The van der Waals surface area contributed by atoms with Crippen LogP contribution in [-0.4, -0.2) is 35.4 Å². The van der Waals surface area contributed by atoms with E-state index in [-0.39, 0.29) is 24.9 Å². The van der Waals surface area contributed by atoms with Gasteiger partial charge in [0.05, 0.1) is 6.61 Å². The fraction of sp³-hybridized carbons (Fsp3) is 0.286. The molecule has 1 heterocycles. The molecule has 0 bridgehead atoms. The molecule has 27 heavy (non-hydrogen) atoms. The zero-order chi connectivity index (χ0) is 19.4. The second kappa shape index (κ2) is 8.03. The van der Waals surface area contributed by atoms with Crippen LogP contribution in [0.3, 0.4) is 0 Å². The number of hydrazine groups is 1. The van der Waals surface area contributed by atoms with E-state index in [0.29, 0.717) is 5.56 Å². The molecule has 0 saturated carbocycles. The van der Waals surface area contributed by atoms with Gasteiger partial charge in [0.1, 0.15) is 0 Å². The lowest BCUT2D eigenvalue weighted by molar-refractivity contribution is -0.153. The van der Waals surface area contributed by atoms with Crippen molar-refractivity contribution in [2.45, 2.75) is 32.2 Å². The number of amides is 2. The van der Waals surface area contributed by atoms with E-state index in [0.717, 1.165) is 16.1 Å². The fourth-order valence-corrected chi connectivity index (χ4v) is 3.24. The molecule has 140 valence electrons. The van der Waals surface area contributed by atoms with Crippen molar-refractivity contribution >= 4 is 17.8 Å². The highest BCUT2D eigenvalue weighted by molar-refractivity contribution is 5.97. The van der Waals surface area contributed by atoms with Crippen molar-refractivity contribution in [2.24, 2.45) is 0 Å². The molecule has 2 aromatic carbocycles. The molecule has 2 aromatic rings. The molecular weight excluding hydrogens is 344 g/mol. The number of esters is 1. The Labute approximate surface area is 158 Å². The summed E-state index contributed by atoms with van der Waals surface area (Å²) >= 11 is 0. The zero-order valence-corrected chi connectivity index (χ0v) is 15.3. The lowest BCUT2D eigenvalue weighted by Crippen LogP contribution is -2.52. The van der Waals surface area contributed by atoms with Crippen LogP contribution in [0.15, 0.2) is 54.6 Å². The van der Waals surface area contributed by atoms with Gasteiger partial charge in [0.2, 0.25) is 5.91 Å². The highest BCUT2D eigenvalue weighted by atomic mass is 16.5. The molecule has 2 atom stereocenters. The van der Waals surface area contributed by atoms with E-state index in [4.69, 9.17) is 4.74 Å². The van der Waals surface area contributed by atoms with E-state index in [2.05, 4.69) is 5.43 Å². The van der Waals surface area contributed by atoms with Crippen LogP contribution in [0.25, 0.3) is 0 Å². The van der Waals surface area contributed by atoms with Crippen molar-refractivity contribution in [3.05, 3.63) is 71.3 Å². The molecule has 1 saturated heterocycles. The maximum Gasteiger partial charge on any atom is 0.331 e. The van der Waals surface area contributed by atoms with Gasteiger partial charge in [-0.15, -0.1) is 0 Å². The standard InChI is InChI=1S/C21H22N2O4/c1-3-27-21(26)19-17(15-11-9-14(2)10-12-15)13-18(24)23(19)22-20(25)16-7-5-4-6-8-16/h4-12,17,19H,3,13H2,1-2H3,(H,22,25). The van der Waals surface area contributed by atoms with E-state index in [1.807, 2.05) is 31.2 Å². The summed E-state index contributed by atoms with van der Waals surface area (Å²) in [5, 5.41) is 1.12. The number of hydrogen-bond donors (Lipinski definition) is 1. The SMILES string of the molecule is CCOC(=O)C1C(c2ccc(C)cc2)CC(=O)N1NC(=O)c1ccccc1. The number of hydrogen-bond acceptors (Lipinski definition) is 4. The lowest BCUT2D eigenvalue weighted by Gasteiger charge is -2.26. The van der Waals surface area contributed by atoms with Crippen LogP contribution in [0.2, 0.25) is 0 Å². The van der Waals surface area contributed by atoms with E-state index >= 15 is 0 Å². The molecule has 0 aromatic heterocycles. The van der Waals surface area contributed by atoms with E-state index in [1.54, 1.807) is 37.3 Å². The minimum Gasteiger partial charge on any atom is -0.464 e. The molecule has 2 amide bonds. The highest BCUT2D eigenvalue weighted by Gasteiger charge is 2.47. The van der Waals surface area contributed by atoms with Crippen molar-refractivity contribution in [2.75, 3.05) is 6.61 Å². The molecule has 0 aliphatic carbocycles. The molecular formula is C21H22N2O4. The minimum absolute atomic E-state index is 0.127. The third-order valence-electron chi connectivity index (χ3n) is 4.61. The summed E-state index contributed by atoms with van der Waals surface area (Å²) in [6.45, 7) is 3.88. The molecule has 1 aliphatic rings. The van der Waals surface area contributed by atoms with Crippen LogP contribution in [0.1, 0.15) is 40.7 Å². The van der Waals surface area contributed by atoms with Gasteiger partial charge < -0.3 is 4.74 Å². The van der Waals surface area contributed by atoms with Gasteiger partial charge in [-0.1, -0.05) is 48.0 Å². The van der Waals surface area contributed by atoms with Crippen LogP contribution < -0.4 is 5.43 Å². The normalized spacial score (nSPS) is 19.0. The number of carbonyl (C=O) groups excluding carboxylic acids is 3. The topological polar surface area (TPSA) is 75.7 Å². The number of nitrogens with zero attached hydrogens (tertiary/aromatic N) is 1. The molecule has 0 spiro atoms. The van der Waals surface area contributed by atoms with Gasteiger partial charge in [0.25, 0.3) is 5.91 Å². The van der Waals surface area contributed by atoms with Gasteiger partial charge in [-0.25, -0.2) is 9.80 Å². The Kier molecular flexibility index (Phi) is 5.54. The van der Waals surface area contributed by atoms with Crippen molar-refractivity contribution in [1.82, 2.24) is 10.4 Å². The monoisotopic (exact) mass is 366 g/mol. The Balaban J connectivity index is 1.89. The first-order chi connectivity index (χ1) is 13.0. The second-order valence-electron chi connectivity index (χ2n) is 6.49. The van der Waals surface area contributed by atoms with Crippen molar-refractivity contribution in [3.8, 4) is 0 Å². The van der Waals surface area contributed by atoms with Gasteiger partial charge in [-0.3, -0.25) is 15.0 Å². The van der Waals surface area contributed by atoms with Gasteiger partial charge in [0.15, 0.2) is 6.04 Å². The maximum absolute atomic E-state index is 12.6. The smallest absolute Gasteiger partial charge is 0.331 e. The number of aryl methyl sites for hydroxylation is 1. The molecule has 6 heteroatoms. The minimum atomic E-state index is -0.896. The van der Waals surface area contributed by atoms with E-state index in [9.17, 15) is 14.4 Å². The van der Waals surface area contributed by atoms with Crippen LogP contribution >= 0.6 is 0 Å². The number of ether oxygens (including phenoxy) is 1. The second-order valence-corrected chi connectivity index (χ2v) is 6.49. The maximum atomic E-state index is 12.6. The summed E-state index contributed by atoms with van der Waals surface area (Å²) in [7, 11) is 0. The molecule has 2 unspecified atom stereocenters. The molecule has 1 N–H and O–H groups in total. The van der Waals surface area contributed by atoms with Crippen molar-refractivity contribution in [1.29, 1.82) is 0 Å². The largest absolute Gasteiger partial charge is 0.464 e. The average Bonchev–Trinajstić information content (AvgIpc) is 2.99. The zero-order valence-electron chi connectivity index (χ0n) is 15.3. The molecule has 0 radical (unpaired) electrons. The van der Waals surface area contributed by atoms with E-state index < -0.39 is 17.9 Å². The van der Waals surface area contributed by atoms with Crippen LogP contribution in [0, 0.1) is 6.92 Å². The molecule has 1 fully saturated rings. The molecule has 1 aliphatic heterocycles. The summed E-state index contributed by atoms with van der Waals surface area (Å²) < 4.78 is 5.18. The predicted molar refractivity (Wildman–Crippen MR) is 99.7 cm³/mol. The van der Waals surface area contributed by atoms with Crippen molar-refractivity contribution in [3.63, 3.8) is 0 Å². The Morgan fingerprint density at radius 2 is 1.78 bits per heavy atom. The van der Waals surface area contributed by atoms with Crippen LogP contribution in [-0.2, 0) is 14.3 Å². The lowest BCUT2D eigenvalue weighted by atomic mass is 9.91. The first-order valence-electron chi connectivity index (χ1n) is 8.92. The Morgan fingerprint density at radius 1 is 1.11 bits per heavy atom. The Morgan fingerprint density at radius 3 is 2.41 bits per heavy atom. The van der Waals surface area contributed by atoms with Gasteiger partial charge in [-0.2, -0.15) is 0 Å². The first-order valence-corrected chi connectivity index (χ1v) is 8.92.